The molecule has 0 aliphatic heterocycles. The summed E-state index contributed by atoms with van der Waals surface area (Å²) in [7, 11) is 0. The van der Waals surface area contributed by atoms with Crippen molar-refractivity contribution in [3.63, 3.8) is 0 Å². The monoisotopic (exact) mass is 310 g/mol. The minimum absolute atomic E-state index is 1.10. The summed E-state index contributed by atoms with van der Waals surface area (Å²) in [6, 6.07) is 16.5. The zero-order valence-corrected chi connectivity index (χ0v) is 10.5. The Morgan fingerprint density at radius 3 is 2.00 bits per heavy atom. The van der Waals surface area contributed by atoms with E-state index in [2.05, 4.69) is 68.3 Å². The van der Waals surface area contributed by atoms with E-state index in [1.807, 2.05) is 12.1 Å². The van der Waals surface area contributed by atoms with E-state index in [1.54, 1.807) is 0 Å². The van der Waals surface area contributed by atoms with Gasteiger partial charge in [0.2, 0.25) is 0 Å². The predicted molar refractivity (Wildman–Crippen MR) is 67.3 cm³/mol. The first-order valence-corrected chi connectivity index (χ1v) is 5.86. The number of halogens is 2. The SMILES string of the molecule is Brc1ccc(-c2ccccc2Br)cc1. The standard InChI is InChI=1S/C12H8Br2/c13-10-7-5-9(6-8-10)11-3-1-2-4-12(11)14/h1-8H. The van der Waals surface area contributed by atoms with Crippen molar-refractivity contribution in [2.45, 2.75) is 0 Å². The normalized spacial score (nSPS) is 10.1. The molecule has 0 saturated heterocycles. The Balaban J connectivity index is 2.50. The van der Waals surface area contributed by atoms with Crippen molar-refractivity contribution in [3.8, 4) is 11.1 Å². The quantitative estimate of drug-likeness (QED) is 0.704. The summed E-state index contributed by atoms with van der Waals surface area (Å²) >= 11 is 6.96. The third kappa shape index (κ3) is 2.07. The van der Waals surface area contributed by atoms with Crippen molar-refractivity contribution in [1.82, 2.24) is 0 Å². The summed E-state index contributed by atoms with van der Waals surface area (Å²) in [5, 5.41) is 0. The summed E-state index contributed by atoms with van der Waals surface area (Å²) in [6.45, 7) is 0. The zero-order valence-electron chi connectivity index (χ0n) is 7.37. The second kappa shape index (κ2) is 4.28. The second-order valence-electron chi connectivity index (χ2n) is 2.99. The van der Waals surface area contributed by atoms with E-state index >= 15 is 0 Å². The van der Waals surface area contributed by atoms with E-state index < -0.39 is 0 Å². The second-order valence-corrected chi connectivity index (χ2v) is 4.76. The molecule has 0 amide bonds. The Kier molecular flexibility index (Phi) is 3.04. The van der Waals surface area contributed by atoms with Crippen molar-refractivity contribution in [3.05, 3.63) is 57.5 Å². The molecule has 2 aromatic rings. The topological polar surface area (TPSA) is 0 Å². The van der Waals surface area contributed by atoms with E-state index in [1.165, 1.54) is 11.1 Å². The molecule has 0 atom stereocenters. The van der Waals surface area contributed by atoms with Gasteiger partial charge in [-0.3, -0.25) is 0 Å². The molecule has 2 aromatic carbocycles. The van der Waals surface area contributed by atoms with Crippen LogP contribution in [-0.4, -0.2) is 0 Å². The van der Waals surface area contributed by atoms with E-state index in [0.29, 0.717) is 0 Å². The largest absolute Gasteiger partial charge is 0.0616 e. The maximum absolute atomic E-state index is 3.54. The average Bonchev–Trinajstić information content (AvgIpc) is 2.20. The van der Waals surface area contributed by atoms with Crippen molar-refractivity contribution >= 4 is 31.9 Å². The number of hydrogen-bond donors (Lipinski definition) is 0. The van der Waals surface area contributed by atoms with Gasteiger partial charge < -0.3 is 0 Å². The van der Waals surface area contributed by atoms with Crippen LogP contribution >= 0.6 is 31.9 Å². The summed E-state index contributed by atoms with van der Waals surface area (Å²) in [5.41, 5.74) is 2.45. The van der Waals surface area contributed by atoms with Crippen LogP contribution in [0.2, 0.25) is 0 Å². The molecular formula is C12H8Br2. The third-order valence-electron chi connectivity index (χ3n) is 2.03. The first kappa shape index (κ1) is 9.94. The summed E-state index contributed by atoms with van der Waals surface area (Å²) in [5.74, 6) is 0. The Morgan fingerprint density at radius 1 is 0.714 bits per heavy atom. The van der Waals surface area contributed by atoms with Crippen LogP contribution in [0.1, 0.15) is 0 Å². The molecule has 0 unspecified atom stereocenters. The fourth-order valence-corrected chi connectivity index (χ4v) is 2.10. The Morgan fingerprint density at radius 2 is 1.36 bits per heavy atom. The van der Waals surface area contributed by atoms with E-state index in [4.69, 9.17) is 0 Å². The molecule has 70 valence electrons. The van der Waals surface area contributed by atoms with Crippen molar-refractivity contribution in [2.24, 2.45) is 0 Å². The lowest BCUT2D eigenvalue weighted by Crippen LogP contribution is -1.78. The molecule has 0 aliphatic rings. The van der Waals surface area contributed by atoms with E-state index in [9.17, 15) is 0 Å². The summed E-state index contributed by atoms with van der Waals surface area (Å²) in [6.07, 6.45) is 0. The molecular weight excluding hydrogens is 304 g/mol. The van der Waals surface area contributed by atoms with Gasteiger partial charge >= 0.3 is 0 Å². The van der Waals surface area contributed by atoms with E-state index in [-0.39, 0.29) is 0 Å². The number of hydrogen-bond acceptors (Lipinski definition) is 0. The minimum Gasteiger partial charge on any atom is -0.0616 e. The van der Waals surface area contributed by atoms with Gasteiger partial charge in [-0.1, -0.05) is 62.2 Å². The molecule has 0 N–H and O–H groups in total. The lowest BCUT2D eigenvalue weighted by Gasteiger charge is -2.03. The number of benzene rings is 2. The molecule has 0 aliphatic carbocycles. The predicted octanol–water partition coefficient (Wildman–Crippen LogP) is 4.88. The maximum atomic E-state index is 3.54. The van der Waals surface area contributed by atoms with Crippen molar-refractivity contribution in [1.29, 1.82) is 0 Å². The third-order valence-corrected chi connectivity index (χ3v) is 3.25. The van der Waals surface area contributed by atoms with Gasteiger partial charge in [0.1, 0.15) is 0 Å². The minimum atomic E-state index is 1.10. The van der Waals surface area contributed by atoms with Gasteiger partial charge in [0.25, 0.3) is 0 Å². The highest BCUT2D eigenvalue weighted by molar-refractivity contribution is 9.10. The van der Waals surface area contributed by atoms with Gasteiger partial charge in [-0.25, -0.2) is 0 Å². The lowest BCUT2D eigenvalue weighted by atomic mass is 10.1. The molecule has 0 bridgehead atoms. The smallest absolute Gasteiger partial charge is 0.0253 e. The van der Waals surface area contributed by atoms with Crippen molar-refractivity contribution < 1.29 is 0 Å². The first-order valence-electron chi connectivity index (χ1n) is 4.28. The summed E-state index contributed by atoms with van der Waals surface area (Å²) in [4.78, 5) is 0. The average molecular weight is 312 g/mol. The maximum Gasteiger partial charge on any atom is 0.0253 e. The van der Waals surface area contributed by atoms with Crippen LogP contribution in [0.15, 0.2) is 57.5 Å². The molecule has 0 fully saturated rings. The van der Waals surface area contributed by atoms with Gasteiger partial charge in [0.15, 0.2) is 0 Å². The Hall–Kier alpha value is -0.600. The van der Waals surface area contributed by atoms with Gasteiger partial charge in [0, 0.05) is 8.95 Å². The molecule has 0 nitrogen and oxygen atoms in total. The molecule has 2 rings (SSSR count). The summed E-state index contributed by atoms with van der Waals surface area (Å²) < 4.78 is 2.23. The van der Waals surface area contributed by atoms with E-state index in [0.717, 1.165) is 8.95 Å². The van der Waals surface area contributed by atoms with Gasteiger partial charge in [0.05, 0.1) is 0 Å². The lowest BCUT2D eigenvalue weighted by molar-refractivity contribution is 1.57. The van der Waals surface area contributed by atoms with Crippen LogP contribution in [-0.2, 0) is 0 Å². The van der Waals surface area contributed by atoms with Crippen LogP contribution in [0.3, 0.4) is 0 Å². The van der Waals surface area contributed by atoms with Gasteiger partial charge in [-0.05, 0) is 29.3 Å². The fraction of sp³-hybridized carbons (Fsp3) is 0. The molecule has 0 saturated carbocycles. The molecule has 14 heavy (non-hydrogen) atoms. The molecule has 2 heteroatoms. The number of rotatable bonds is 1. The zero-order chi connectivity index (χ0) is 9.97. The van der Waals surface area contributed by atoms with Gasteiger partial charge in [-0.15, -0.1) is 0 Å². The van der Waals surface area contributed by atoms with Crippen LogP contribution in [0.25, 0.3) is 11.1 Å². The Labute approximate surface area is 100 Å². The van der Waals surface area contributed by atoms with Crippen LogP contribution in [0.5, 0.6) is 0 Å². The van der Waals surface area contributed by atoms with Gasteiger partial charge in [-0.2, -0.15) is 0 Å². The molecule has 0 radical (unpaired) electrons. The van der Waals surface area contributed by atoms with Crippen LogP contribution < -0.4 is 0 Å². The Bertz CT molecular complexity index is 432. The molecule has 0 spiro atoms. The fourth-order valence-electron chi connectivity index (χ4n) is 1.32. The highest BCUT2D eigenvalue weighted by Crippen LogP contribution is 2.28. The molecule has 0 aromatic heterocycles. The first-order chi connectivity index (χ1) is 6.77. The highest BCUT2D eigenvalue weighted by atomic mass is 79.9. The molecule has 0 heterocycles. The highest BCUT2D eigenvalue weighted by Gasteiger charge is 2.00. The van der Waals surface area contributed by atoms with Crippen LogP contribution in [0, 0.1) is 0 Å². The van der Waals surface area contributed by atoms with Crippen LogP contribution in [0.4, 0.5) is 0 Å². The van der Waals surface area contributed by atoms with Crippen molar-refractivity contribution in [2.75, 3.05) is 0 Å².